The molecule has 0 unspecified atom stereocenters. The molecule has 5 heterocycles. The number of aromatic nitrogens is 3. The zero-order valence-corrected chi connectivity index (χ0v) is 26.7. The van der Waals surface area contributed by atoms with E-state index in [9.17, 15) is 18.0 Å². The van der Waals surface area contributed by atoms with Crippen molar-refractivity contribution in [3.8, 4) is 0 Å². The molecule has 0 amide bonds. The number of fused-ring (bicyclic) bond motifs is 6. The van der Waals surface area contributed by atoms with Gasteiger partial charge in [-0.3, -0.25) is 0 Å². The van der Waals surface area contributed by atoms with Gasteiger partial charge < -0.3 is 23.8 Å². The van der Waals surface area contributed by atoms with E-state index < -0.39 is 35.0 Å². The number of nitrogens with zero attached hydrogens (tertiary/aromatic N) is 4. The predicted molar refractivity (Wildman–Crippen MR) is 163 cm³/mol. The van der Waals surface area contributed by atoms with E-state index in [1.165, 1.54) is 6.07 Å². The second kappa shape index (κ2) is 12.7. The van der Waals surface area contributed by atoms with Gasteiger partial charge in [0.1, 0.15) is 5.82 Å². The minimum atomic E-state index is -4.46. The fourth-order valence-corrected chi connectivity index (χ4v) is 5.72. The van der Waals surface area contributed by atoms with E-state index in [4.69, 9.17) is 29.0 Å². The number of hydrogen-bond acceptors (Lipinski definition) is 8. The highest BCUT2D eigenvalue weighted by Gasteiger charge is 2.38. The Morgan fingerprint density at radius 3 is 2.53 bits per heavy atom. The fraction of sp³-hybridized carbons (Fsp3) is 0.545. The fourth-order valence-electron chi connectivity index (χ4n) is 5.72. The number of piperidine rings is 1. The van der Waals surface area contributed by atoms with Crippen LogP contribution in [-0.4, -0.2) is 58.1 Å². The first-order valence-corrected chi connectivity index (χ1v) is 15.2. The summed E-state index contributed by atoms with van der Waals surface area (Å²) in [6, 6.07) is 5.46. The van der Waals surface area contributed by atoms with Gasteiger partial charge in [-0.25, -0.2) is 9.78 Å². The van der Waals surface area contributed by atoms with Gasteiger partial charge in [-0.1, -0.05) is 18.2 Å². The van der Waals surface area contributed by atoms with Gasteiger partial charge >= 0.3 is 12.1 Å². The molecular formula is C33H41F3N4O5. The Labute approximate surface area is 261 Å². The molecule has 3 aromatic rings. The number of ether oxygens (including phenoxy) is 4. The molecule has 3 aliphatic heterocycles. The standard InChI is InChI=1S/C33H41F3N4O5/c1-7-43-30(41)28(45-31(3,4)5)27-21(2)37-26-18-25-20-42-19-23-10-11-24(33(34,35)36)17-22(23)9-8-16-44-32(6)12-14-39(15-13-32)29(27)40(26)38-25/h8-11,17-18,28H,7,12-16,19-20H2,1-6H3/t28-/m0/s1. The Kier molecular flexibility index (Phi) is 9.30. The number of anilines is 1. The van der Waals surface area contributed by atoms with E-state index in [1.807, 2.05) is 40.7 Å². The van der Waals surface area contributed by atoms with Crippen LogP contribution in [0.4, 0.5) is 19.0 Å². The first-order valence-electron chi connectivity index (χ1n) is 15.2. The van der Waals surface area contributed by atoms with Crippen LogP contribution in [0.15, 0.2) is 30.3 Å². The molecule has 3 aliphatic rings. The molecule has 4 bridgehead atoms. The quantitative estimate of drug-likeness (QED) is 0.298. The third-order valence-corrected chi connectivity index (χ3v) is 8.02. The molecule has 0 spiro atoms. The van der Waals surface area contributed by atoms with Crippen LogP contribution >= 0.6 is 0 Å². The molecule has 0 radical (unpaired) electrons. The van der Waals surface area contributed by atoms with Crippen LogP contribution in [0.1, 0.15) is 87.2 Å². The molecule has 45 heavy (non-hydrogen) atoms. The third-order valence-electron chi connectivity index (χ3n) is 8.02. The molecule has 2 aromatic heterocycles. The smallest absolute Gasteiger partial charge is 0.416 e. The van der Waals surface area contributed by atoms with Crippen molar-refractivity contribution in [2.45, 2.75) is 91.1 Å². The van der Waals surface area contributed by atoms with Crippen molar-refractivity contribution in [2.24, 2.45) is 0 Å². The Hall–Kier alpha value is -3.48. The summed E-state index contributed by atoms with van der Waals surface area (Å²) in [5, 5.41) is 4.85. The molecular weight excluding hydrogens is 589 g/mol. The van der Waals surface area contributed by atoms with Crippen LogP contribution in [0.5, 0.6) is 0 Å². The number of esters is 1. The number of carbonyl (C=O) groups is 1. The molecule has 1 fully saturated rings. The van der Waals surface area contributed by atoms with Crippen LogP contribution in [-0.2, 0) is 43.1 Å². The van der Waals surface area contributed by atoms with Crippen molar-refractivity contribution < 1.29 is 36.9 Å². The second-order valence-electron chi connectivity index (χ2n) is 12.8. The van der Waals surface area contributed by atoms with Crippen molar-refractivity contribution in [3.05, 3.63) is 64.0 Å². The van der Waals surface area contributed by atoms with Gasteiger partial charge in [-0.15, -0.1) is 0 Å². The van der Waals surface area contributed by atoms with E-state index in [-0.39, 0.29) is 26.4 Å². The van der Waals surface area contributed by atoms with Gasteiger partial charge in [-0.2, -0.15) is 22.8 Å². The normalized spacial score (nSPS) is 18.2. The van der Waals surface area contributed by atoms with Gasteiger partial charge in [0.15, 0.2) is 11.8 Å². The Bertz CT molecular complexity index is 1570. The van der Waals surface area contributed by atoms with Crippen LogP contribution in [0, 0.1) is 6.92 Å². The summed E-state index contributed by atoms with van der Waals surface area (Å²) in [5.74, 6) is 0.193. The molecule has 0 N–H and O–H groups in total. The summed E-state index contributed by atoms with van der Waals surface area (Å²) >= 11 is 0. The number of aryl methyl sites for hydroxylation is 1. The number of hydrogen-bond donors (Lipinski definition) is 0. The van der Waals surface area contributed by atoms with E-state index in [0.717, 1.165) is 12.1 Å². The van der Waals surface area contributed by atoms with Crippen LogP contribution in [0.2, 0.25) is 0 Å². The summed E-state index contributed by atoms with van der Waals surface area (Å²) in [6.07, 6.45) is -0.763. The third kappa shape index (κ3) is 7.50. The van der Waals surface area contributed by atoms with Gasteiger partial charge in [-0.05, 0) is 77.6 Å². The molecule has 1 atom stereocenters. The minimum absolute atomic E-state index is 0.0747. The van der Waals surface area contributed by atoms with Gasteiger partial charge in [0.2, 0.25) is 0 Å². The van der Waals surface area contributed by atoms with E-state index in [0.29, 0.717) is 65.5 Å². The molecule has 1 aromatic carbocycles. The average Bonchev–Trinajstić information content (AvgIpc) is 3.35. The van der Waals surface area contributed by atoms with Gasteiger partial charge in [0.25, 0.3) is 0 Å². The maximum Gasteiger partial charge on any atom is 0.416 e. The minimum Gasteiger partial charge on any atom is -0.464 e. The highest BCUT2D eigenvalue weighted by atomic mass is 19.4. The lowest BCUT2D eigenvalue weighted by atomic mass is 9.92. The average molecular weight is 631 g/mol. The molecule has 244 valence electrons. The molecule has 0 saturated carbocycles. The maximum atomic E-state index is 13.5. The number of halogens is 3. The summed E-state index contributed by atoms with van der Waals surface area (Å²) in [5.41, 5.74) is 1.55. The molecule has 0 aliphatic carbocycles. The highest BCUT2D eigenvalue weighted by molar-refractivity contribution is 5.80. The molecule has 6 rings (SSSR count). The first kappa shape index (κ1) is 32.9. The molecule has 12 heteroatoms. The number of alkyl halides is 3. The maximum absolute atomic E-state index is 13.5. The molecule has 9 nitrogen and oxygen atoms in total. The van der Waals surface area contributed by atoms with Crippen molar-refractivity contribution in [1.29, 1.82) is 0 Å². The molecule has 1 saturated heterocycles. The Balaban J connectivity index is 1.60. The van der Waals surface area contributed by atoms with Crippen molar-refractivity contribution >= 4 is 23.5 Å². The summed E-state index contributed by atoms with van der Waals surface area (Å²) in [4.78, 5) is 20.4. The van der Waals surface area contributed by atoms with Crippen LogP contribution in [0.25, 0.3) is 11.7 Å². The number of benzene rings is 1. The van der Waals surface area contributed by atoms with Gasteiger partial charge in [0, 0.05) is 24.8 Å². The lowest BCUT2D eigenvalue weighted by molar-refractivity contribution is -0.167. The van der Waals surface area contributed by atoms with Crippen LogP contribution < -0.4 is 4.90 Å². The lowest BCUT2D eigenvalue weighted by Gasteiger charge is -2.41. The Morgan fingerprint density at radius 1 is 1.13 bits per heavy atom. The topological polar surface area (TPSA) is 87.4 Å². The Morgan fingerprint density at radius 2 is 1.87 bits per heavy atom. The largest absolute Gasteiger partial charge is 0.464 e. The highest BCUT2D eigenvalue weighted by Crippen LogP contribution is 2.38. The second-order valence-corrected chi connectivity index (χ2v) is 12.8. The van der Waals surface area contributed by atoms with Crippen molar-refractivity contribution in [3.63, 3.8) is 0 Å². The zero-order chi connectivity index (χ0) is 32.6. The summed E-state index contributed by atoms with van der Waals surface area (Å²) in [7, 11) is 0. The summed E-state index contributed by atoms with van der Waals surface area (Å²) < 4.78 is 66.3. The van der Waals surface area contributed by atoms with E-state index in [2.05, 4.69) is 4.90 Å². The first-order chi connectivity index (χ1) is 21.2. The van der Waals surface area contributed by atoms with E-state index in [1.54, 1.807) is 23.6 Å². The van der Waals surface area contributed by atoms with Crippen LogP contribution in [0.3, 0.4) is 0 Å². The zero-order valence-electron chi connectivity index (χ0n) is 26.7. The van der Waals surface area contributed by atoms with E-state index >= 15 is 0 Å². The number of rotatable bonds is 4. The number of carbonyl (C=O) groups excluding carboxylic acids is 1. The SMILES string of the molecule is CCOC(=O)[C@@H](OC(C)(C)C)c1c(C)nc2cc3nn2c1N1CCC(C)(CC1)OCC=Cc1cc(C(F)(F)F)ccc1COC3. The predicted octanol–water partition coefficient (Wildman–Crippen LogP) is 6.59. The monoisotopic (exact) mass is 630 g/mol. The van der Waals surface area contributed by atoms with Gasteiger partial charge in [0.05, 0.1) is 54.5 Å². The van der Waals surface area contributed by atoms with Crippen molar-refractivity contribution in [2.75, 3.05) is 31.2 Å². The lowest BCUT2D eigenvalue weighted by Crippen LogP contribution is -2.45. The van der Waals surface area contributed by atoms with Crippen molar-refractivity contribution in [1.82, 2.24) is 14.6 Å². The summed E-state index contributed by atoms with van der Waals surface area (Å²) in [6.45, 7) is 13.1.